The van der Waals surface area contributed by atoms with Gasteiger partial charge in [0.05, 0.1) is 6.04 Å². The zero-order valence-electron chi connectivity index (χ0n) is 13.9. The molecule has 0 aliphatic carbocycles. The molecule has 0 aliphatic heterocycles. The molecule has 1 unspecified atom stereocenters. The zero-order chi connectivity index (χ0) is 17.7. The summed E-state index contributed by atoms with van der Waals surface area (Å²) in [5.74, 6) is -0.574. The Balaban J connectivity index is 1.99. The van der Waals surface area contributed by atoms with Crippen molar-refractivity contribution in [1.82, 2.24) is 10.8 Å². The number of urea groups is 1. The van der Waals surface area contributed by atoms with Crippen LogP contribution in [0.25, 0.3) is 0 Å². The van der Waals surface area contributed by atoms with E-state index in [4.69, 9.17) is 5.21 Å². The molecule has 6 nitrogen and oxygen atoms in total. The Labute approximate surface area is 140 Å². The Morgan fingerprint density at radius 2 is 1.58 bits per heavy atom. The minimum absolute atomic E-state index is 0.234. The maximum absolute atomic E-state index is 12.1. The Kier molecular flexibility index (Phi) is 5.55. The fourth-order valence-corrected chi connectivity index (χ4v) is 2.48. The molecule has 0 aliphatic rings. The first kappa shape index (κ1) is 17.5. The lowest BCUT2D eigenvalue weighted by atomic mass is 10.1. The summed E-state index contributed by atoms with van der Waals surface area (Å²) in [6, 6.07) is 11.9. The summed E-state index contributed by atoms with van der Waals surface area (Å²) in [6.45, 7) is 5.80. The molecule has 0 fully saturated rings. The lowest BCUT2D eigenvalue weighted by Crippen LogP contribution is -2.31. The molecule has 1 atom stereocenters. The first-order valence-electron chi connectivity index (χ1n) is 7.59. The quantitative estimate of drug-likeness (QED) is 0.513. The summed E-state index contributed by atoms with van der Waals surface area (Å²) < 4.78 is 0. The van der Waals surface area contributed by atoms with Crippen LogP contribution < -0.4 is 16.1 Å². The number of carbonyl (C=O) groups excluding carboxylic acids is 2. The first-order valence-corrected chi connectivity index (χ1v) is 7.59. The van der Waals surface area contributed by atoms with Gasteiger partial charge in [0.2, 0.25) is 0 Å². The number of anilines is 1. The van der Waals surface area contributed by atoms with Gasteiger partial charge in [-0.15, -0.1) is 0 Å². The number of carbonyl (C=O) groups is 2. The molecular formula is C18H21N3O3. The lowest BCUT2D eigenvalue weighted by molar-refractivity contribution is 0.0706. The van der Waals surface area contributed by atoms with Gasteiger partial charge >= 0.3 is 6.03 Å². The number of aryl methyl sites for hydroxylation is 2. The Morgan fingerprint density at radius 3 is 2.12 bits per heavy atom. The molecule has 0 aromatic heterocycles. The fourth-order valence-electron chi connectivity index (χ4n) is 2.48. The van der Waals surface area contributed by atoms with E-state index in [1.165, 1.54) is 0 Å². The average Bonchev–Trinajstić information content (AvgIpc) is 2.53. The van der Waals surface area contributed by atoms with E-state index in [-0.39, 0.29) is 12.1 Å². The second kappa shape index (κ2) is 7.61. The summed E-state index contributed by atoms with van der Waals surface area (Å²) in [6.07, 6.45) is 0. The van der Waals surface area contributed by atoms with Gasteiger partial charge in [-0.3, -0.25) is 10.0 Å². The van der Waals surface area contributed by atoms with E-state index >= 15 is 0 Å². The van der Waals surface area contributed by atoms with Crippen LogP contribution in [0.3, 0.4) is 0 Å². The third kappa shape index (κ3) is 4.57. The maximum Gasteiger partial charge on any atom is 0.319 e. The molecule has 0 saturated carbocycles. The van der Waals surface area contributed by atoms with Gasteiger partial charge in [0, 0.05) is 11.3 Å². The number of hydrogen-bond acceptors (Lipinski definition) is 3. The van der Waals surface area contributed by atoms with E-state index in [0.29, 0.717) is 5.56 Å². The normalized spacial score (nSPS) is 11.5. The molecule has 24 heavy (non-hydrogen) atoms. The zero-order valence-corrected chi connectivity index (χ0v) is 13.9. The van der Waals surface area contributed by atoms with Crippen LogP contribution in [0.1, 0.15) is 40.0 Å². The van der Waals surface area contributed by atoms with Gasteiger partial charge in [-0.25, -0.2) is 10.3 Å². The van der Waals surface area contributed by atoms with Gasteiger partial charge in [0.15, 0.2) is 0 Å². The SMILES string of the molecule is Cc1cc(C)cc(NC(=O)NC(C)c2ccc(C(=O)NO)cc2)c1. The van der Waals surface area contributed by atoms with Crippen molar-refractivity contribution in [2.24, 2.45) is 0 Å². The van der Waals surface area contributed by atoms with E-state index in [0.717, 1.165) is 22.4 Å². The van der Waals surface area contributed by atoms with E-state index < -0.39 is 5.91 Å². The largest absolute Gasteiger partial charge is 0.331 e. The van der Waals surface area contributed by atoms with Crippen LogP contribution in [0.2, 0.25) is 0 Å². The van der Waals surface area contributed by atoms with E-state index in [1.807, 2.05) is 39.0 Å². The number of hydrogen-bond donors (Lipinski definition) is 4. The van der Waals surface area contributed by atoms with Gasteiger partial charge < -0.3 is 10.6 Å². The van der Waals surface area contributed by atoms with E-state index in [2.05, 4.69) is 10.6 Å². The average molecular weight is 327 g/mol. The van der Waals surface area contributed by atoms with Gasteiger partial charge in [-0.05, 0) is 61.7 Å². The van der Waals surface area contributed by atoms with Crippen LogP contribution in [0.5, 0.6) is 0 Å². The van der Waals surface area contributed by atoms with Crippen LogP contribution in [0.4, 0.5) is 10.5 Å². The minimum atomic E-state index is -0.574. The Morgan fingerprint density at radius 1 is 1.00 bits per heavy atom. The number of nitrogens with one attached hydrogen (secondary N) is 3. The summed E-state index contributed by atoms with van der Waals surface area (Å²) in [7, 11) is 0. The summed E-state index contributed by atoms with van der Waals surface area (Å²) in [5.41, 5.74) is 5.67. The van der Waals surface area contributed by atoms with Crippen molar-refractivity contribution >= 4 is 17.6 Å². The van der Waals surface area contributed by atoms with Crippen molar-refractivity contribution in [3.63, 3.8) is 0 Å². The van der Waals surface area contributed by atoms with Crippen molar-refractivity contribution in [1.29, 1.82) is 0 Å². The molecule has 0 saturated heterocycles. The summed E-state index contributed by atoms with van der Waals surface area (Å²) >= 11 is 0. The molecule has 0 bridgehead atoms. The monoisotopic (exact) mass is 327 g/mol. The highest BCUT2D eigenvalue weighted by atomic mass is 16.5. The Hall–Kier alpha value is -2.86. The van der Waals surface area contributed by atoms with Gasteiger partial charge in [-0.2, -0.15) is 0 Å². The summed E-state index contributed by atoms with van der Waals surface area (Å²) in [4.78, 5) is 23.4. The minimum Gasteiger partial charge on any atom is -0.331 e. The van der Waals surface area contributed by atoms with Gasteiger partial charge in [0.25, 0.3) is 5.91 Å². The molecule has 2 aromatic carbocycles. The second-order valence-corrected chi connectivity index (χ2v) is 5.76. The second-order valence-electron chi connectivity index (χ2n) is 5.76. The van der Waals surface area contributed by atoms with Crippen LogP contribution >= 0.6 is 0 Å². The predicted molar refractivity (Wildman–Crippen MR) is 92.2 cm³/mol. The number of amides is 3. The molecule has 0 spiro atoms. The number of benzene rings is 2. The van der Waals surface area contributed by atoms with E-state index in [9.17, 15) is 9.59 Å². The highest BCUT2D eigenvalue weighted by Gasteiger charge is 2.11. The van der Waals surface area contributed by atoms with Gasteiger partial charge in [-0.1, -0.05) is 18.2 Å². The van der Waals surface area contributed by atoms with Crippen molar-refractivity contribution in [3.8, 4) is 0 Å². The topological polar surface area (TPSA) is 90.5 Å². The van der Waals surface area contributed by atoms with Crippen molar-refractivity contribution in [3.05, 3.63) is 64.7 Å². The molecule has 126 valence electrons. The molecule has 2 rings (SSSR count). The summed E-state index contributed by atoms with van der Waals surface area (Å²) in [5, 5.41) is 14.3. The number of rotatable bonds is 4. The standard InChI is InChI=1S/C18H21N3O3/c1-11-8-12(2)10-16(9-11)20-18(23)19-13(3)14-4-6-15(7-5-14)17(22)21-24/h4-10,13,24H,1-3H3,(H,21,22)(H2,19,20,23). The molecule has 2 aromatic rings. The molecule has 4 N–H and O–H groups in total. The van der Waals surface area contributed by atoms with Crippen LogP contribution in [0.15, 0.2) is 42.5 Å². The number of hydroxylamine groups is 1. The van der Waals surface area contributed by atoms with Crippen molar-refractivity contribution in [2.75, 3.05) is 5.32 Å². The van der Waals surface area contributed by atoms with Crippen LogP contribution in [-0.4, -0.2) is 17.1 Å². The third-order valence-corrected chi connectivity index (χ3v) is 3.60. The van der Waals surface area contributed by atoms with Crippen molar-refractivity contribution in [2.45, 2.75) is 26.8 Å². The third-order valence-electron chi connectivity index (χ3n) is 3.60. The van der Waals surface area contributed by atoms with E-state index in [1.54, 1.807) is 29.7 Å². The van der Waals surface area contributed by atoms with Gasteiger partial charge in [0.1, 0.15) is 0 Å². The van der Waals surface area contributed by atoms with Crippen molar-refractivity contribution < 1.29 is 14.8 Å². The fraction of sp³-hybridized carbons (Fsp3) is 0.222. The molecule has 3 amide bonds. The molecule has 0 heterocycles. The van der Waals surface area contributed by atoms with Crippen LogP contribution in [0, 0.1) is 13.8 Å². The Bertz CT molecular complexity index is 721. The molecule has 0 radical (unpaired) electrons. The van der Waals surface area contributed by atoms with Crippen LogP contribution in [-0.2, 0) is 0 Å². The highest BCUT2D eigenvalue weighted by Crippen LogP contribution is 2.16. The predicted octanol–water partition coefficient (Wildman–Crippen LogP) is 3.31. The lowest BCUT2D eigenvalue weighted by Gasteiger charge is -2.16. The maximum atomic E-state index is 12.1. The molecule has 6 heteroatoms. The highest BCUT2D eigenvalue weighted by molar-refractivity contribution is 5.93. The first-order chi connectivity index (χ1) is 11.4. The smallest absolute Gasteiger partial charge is 0.319 e. The molecular weight excluding hydrogens is 306 g/mol.